The van der Waals surface area contributed by atoms with Crippen molar-refractivity contribution in [1.29, 1.82) is 5.41 Å². The standard InChI is InChI=1S/C16H19FIN7O3S/c17-11-2-1-10(9-12(11)18)21-14(22-26)13-15(24-28-23-13)29-8-3-20-16(19)25-4-6-27-7-5-25/h1-2,9,26H,3-8H2,(H2,19,20)(H,21,22). The van der Waals surface area contributed by atoms with E-state index in [1.807, 2.05) is 27.5 Å². The summed E-state index contributed by atoms with van der Waals surface area (Å²) in [4.78, 5) is 1.92. The van der Waals surface area contributed by atoms with Gasteiger partial charge in [-0.1, -0.05) is 16.9 Å². The molecular formula is C16H19FIN7O3S. The fourth-order valence-electron chi connectivity index (χ4n) is 2.48. The third-order valence-electron chi connectivity index (χ3n) is 3.93. The maximum atomic E-state index is 13.4. The topological polar surface area (TPSA) is 132 Å². The van der Waals surface area contributed by atoms with E-state index in [4.69, 9.17) is 14.8 Å². The minimum atomic E-state index is -0.340. The molecule has 0 amide bonds. The van der Waals surface area contributed by atoms with Crippen molar-refractivity contribution < 1.29 is 19.0 Å². The summed E-state index contributed by atoms with van der Waals surface area (Å²) in [5.74, 6) is 0.636. The second-order valence-corrected chi connectivity index (χ2v) is 8.09. The number of nitrogens with one attached hydrogen (secondary N) is 3. The first-order valence-electron chi connectivity index (χ1n) is 8.63. The Morgan fingerprint density at radius 1 is 1.38 bits per heavy atom. The molecule has 0 spiro atoms. The minimum Gasteiger partial charge on any atom is -0.409 e. The number of oxime groups is 1. The number of amidine groups is 1. The first kappa shape index (κ1) is 21.6. The van der Waals surface area contributed by atoms with Gasteiger partial charge in [0.2, 0.25) is 5.84 Å². The Balaban J connectivity index is 1.53. The molecule has 1 saturated heterocycles. The third kappa shape index (κ3) is 5.93. The van der Waals surface area contributed by atoms with Crippen molar-refractivity contribution in [2.75, 3.05) is 43.9 Å². The summed E-state index contributed by atoms with van der Waals surface area (Å²) in [6.07, 6.45) is 0. The molecule has 0 aliphatic carbocycles. The smallest absolute Gasteiger partial charge is 0.202 e. The molecule has 13 heteroatoms. The number of ether oxygens (including phenoxy) is 1. The molecule has 2 heterocycles. The number of nitrogens with zero attached hydrogens (tertiary/aromatic N) is 4. The van der Waals surface area contributed by atoms with Crippen molar-refractivity contribution in [1.82, 2.24) is 20.5 Å². The van der Waals surface area contributed by atoms with E-state index in [-0.39, 0.29) is 17.3 Å². The molecule has 3 rings (SSSR count). The summed E-state index contributed by atoms with van der Waals surface area (Å²) in [5, 5.41) is 34.6. The normalized spacial score (nSPS) is 14.7. The molecule has 2 aromatic rings. The number of guanidine groups is 1. The molecule has 1 aromatic heterocycles. The fourth-order valence-corrected chi connectivity index (χ4v) is 3.75. The summed E-state index contributed by atoms with van der Waals surface area (Å²) in [6, 6.07) is 4.40. The molecule has 1 aliphatic rings. The highest BCUT2D eigenvalue weighted by Crippen LogP contribution is 2.21. The van der Waals surface area contributed by atoms with Gasteiger partial charge in [-0.25, -0.2) is 9.02 Å². The van der Waals surface area contributed by atoms with Crippen molar-refractivity contribution in [3.8, 4) is 0 Å². The van der Waals surface area contributed by atoms with E-state index in [1.165, 1.54) is 23.9 Å². The van der Waals surface area contributed by atoms with Crippen LogP contribution in [0.1, 0.15) is 5.69 Å². The van der Waals surface area contributed by atoms with Crippen molar-refractivity contribution in [2.24, 2.45) is 5.16 Å². The van der Waals surface area contributed by atoms with Crippen molar-refractivity contribution in [3.05, 3.63) is 33.3 Å². The molecule has 0 bridgehead atoms. The van der Waals surface area contributed by atoms with E-state index >= 15 is 0 Å². The van der Waals surface area contributed by atoms with Gasteiger partial charge in [0.15, 0.2) is 16.7 Å². The molecular weight excluding hydrogens is 516 g/mol. The van der Waals surface area contributed by atoms with Gasteiger partial charge in [0.05, 0.1) is 16.8 Å². The van der Waals surface area contributed by atoms with Crippen LogP contribution in [0.2, 0.25) is 0 Å². The Morgan fingerprint density at radius 2 is 2.17 bits per heavy atom. The van der Waals surface area contributed by atoms with Crippen LogP contribution in [0.4, 0.5) is 10.1 Å². The molecule has 1 fully saturated rings. The Bertz CT molecular complexity index is 876. The van der Waals surface area contributed by atoms with Crippen molar-refractivity contribution in [3.63, 3.8) is 0 Å². The van der Waals surface area contributed by atoms with Gasteiger partial charge in [0, 0.05) is 31.1 Å². The molecule has 1 aliphatic heterocycles. The van der Waals surface area contributed by atoms with Crippen molar-refractivity contribution in [2.45, 2.75) is 5.03 Å². The first-order valence-corrected chi connectivity index (χ1v) is 10.7. The number of benzene rings is 1. The summed E-state index contributed by atoms with van der Waals surface area (Å²) >= 11 is 3.21. The fraction of sp³-hybridized carbons (Fsp3) is 0.375. The van der Waals surface area contributed by atoms with Gasteiger partial charge in [0.1, 0.15) is 5.82 Å². The second kappa shape index (κ2) is 10.6. The number of thioether (sulfide) groups is 1. The predicted octanol–water partition coefficient (Wildman–Crippen LogP) is 2.01. The highest BCUT2D eigenvalue weighted by atomic mass is 127. The first-order chi connectivity index (χ1) is 14.1. The van der Waals surface area contributed by atoms with Gasteiger partial charge in [-0.15, -0.1) is 0 Å². The summed E-state index contributed by atoms with van der Waals surface area (Å²) in [5.41, 5.74) is 0.767. The van der Waals surface area contributed by atoms with E-state index < -0.39 is 0 Å². The van der Waals surface area contributed by atoms with E-state index in [0.29, 0.717) is 58.8 Å². The predicted molar refractivity (Wildman–Crippen MR) is 114 cm³/mol. The average Bonchev–Trinajstić information content (AvgIpc) is 3.20. The molecule has 0 unspecified atom stereocenters. The lowest BCUT2D eigenvalue weighted by Gasteiger charge is -2.29. The summed E-state index contributed by atoms with van der Waals surface area (Å²) < 4.78 is 23.9. The van der Waals surface area contributed by atoms with Crippen LogP contribution < -0.4 is 10.6 Å². The minimum absolute atomic E-state index is 0.0326. The number of halogens is 2. The molecule has 1 aromatic carbocycles. The molecule has 0 saturated carbocycles. The Hall–Kier alpha value is -2.13. The van der Waals surface area contributed by atoms with Gasteiger partial charge < -0.3 is 25.5 Å². The second-order valence-electron chi connectivity index (χ2n) is 5.84. The number of rotatable bonds is 6. The van der Waals surface area contributed by atoms with Crippen LogP contribution in [0.5, 0.6) is 0 Å². The molecule has 10 nitrogen and oxygen atoms in total. The van der Waals surface area contributed by atoms with Crippen LogP contribution in [0.15, 0.2) is 33.0 Å². The molecule has 0 atom stereocenters. The number of hydrogen-bond donors (Lipinski definition) is 4. The zero-order valence-corrected chi connectivity index (χ0v) is 18.2. The zero-order chi connectivity index (χ0) is 20.6. The van der Waals surface area contributed by atoms with E-state index in [1.54, 1.807) is 6.07 Å². The monoisotopic (exact) mass is 535 g/mol. The number of hydrogen-bond acceptors (Lipinski definition) is 8. The van der Waals surface area contributed by atoms with Crippen LogP contribution in [0, 0.1) is 14.8 Å². The lowest BCUT2D eigenvalue weighted by atomic mass is 10.3. The Morgan fingerprint density at radius 3 is 2.90 bits per heavy atom. The van der Waals surface area contributed by atoms with Gasteiger partial charge in [-0.3, -0.25) is 5.41 Å². The van der Waals surface area contributed by atoms with Crippen molar-refractivity contribution >= 4 is 51.8 Å². The van der Waals surface area contributed by atoms with Gasteiger partial charge >= 0.3 is 0 Å². The number of morpholine rings is 1. The Labute approximate surface area is 183 Å². The average molecular weight is 535 g/mol. The van der Waals surface area contributed by atoms with Gasteiger partial charge in [-0.05, 0) is 51.1 Å². The summed E-state index contributed by atoms with van der Waals surface area (Å²) in [6.45, 7) is 3.16. The largest absolute Gasteiger partial charge is 0.409 e. The van der Waals surface area contributed by atoms with E-state index in [9.17, 15) is 9.60 Å². The maximum Gasteiger partial charge on any atom is 0.202 e. The zero-order valence-electron chi connectivity index (χ0n) is 15.2. The molecule has 29 heavy (non-hydrogen) atoms. The number of anilines is 1. The third-order valence-corrected chi connectivity index (χ3v) is 5.70. The number of aromatic nitrogens is 2. The van der Waals surface area contributed by atoms with Crippen LogP contribution in [-0.4, -0.2) is 70.8 Å². The molecule has 156 valence electrons. The van der Waals surface area contributed by atoms with Crippen LogP contribution in [-0.2, 0) is 4.74 Å². The molecule has 0 radical (unpaired) electrons. The highest BCUT2D eigenvalue weighted by molar-refractivity contribution is 14.1. The van der Waals surface area contributed by atoms with Crippen LogP contribution in [0.3, 0.4) is 0 Å². The summed E-state index contributed by atoms with van der Waals surface area (Å²) in [7, 11) is 0. The SMILES string of the molecule is N=C(NCCSc1nonc1/C(=N/O)Nc1ccc(F)c(I)c1)N1CCOCC1. The van der Waals surface area contributed by atoms with Crippen LogP contribution >= 0.6 is 34.4 Å². The maximum absolute atomic E-state index is 13.4. The van der Waals surface area contributed by atoms with E-state index in [2.05, 4.69) is 26.1 Å². The van der Waals surface area contributed by atoms with Gasteiger partial charge in [-0.2, -0.15) is 0 Å². The van der Waals surface area contributed by atoms with Gasteiger partial charge in [0.25, 0.3) is 0 Å². The lowest BCUT2D eigenvalue weighted by molar-refractivity contribution is 0.0662. The molecule has 4 N–H and O–H groups in total. The highest BCUT2D eigenvalue weighted by Gasteiger charge is 2.19. The van der Waals surface area contributed by atoms with Crippen LogP contribution in [0.25, 0.3) is 0 Å². The Kier molecular flexibility index (Phi) is 7.88. The lowest BCUT2D eigenvalue weighted by Crippen LogP contribution is -2.47. The quantitative estimate of drug-likeness (QED) is 0.0835. The van der Waals surface area contributed by atoms with E-state index in [0.717, 1.165) is 0 Å².